The van der Waals surface area contributed by atoms with Crippen LogP contribution in [0, 0.1) is 0 Å². The van der Waals surface area contributed by atoms with Gasteiger partial charge in [-0.2, -0.15) is 0 Å². The minimum atomic E-state index is 1.03. The van der Waals surface area contributed by atoms with Gasteiger partial charge in [0, 0.05) is 12.8 Å². The number of hydrogen-bond donors (Lipinski definition) is 2. The van der Waals surface area contributed by atoms with Gasteiger partial charge in [0.15, 0.2) is 0 Å². The standard InChI is InChI=1S/C20H22N4/c1(3-13-19-21-15-9-5-6-10-16(15)22-19)2-4-14-20-23-17-11-7-8-12-18(17)24-20/h5-12H,1-4,13-14H2,(H,21,22)(H,23,24). The lowest BCUT2D eigenvalue weighted by molar-refractivity contribution is 0.625. The van der Waals surface area contributed by atoms with Gasteiger partial charge in [0.2, 0.25) is 0 Å². The summed E-state index contributed by atoms with van der Waals surface area (Å²) in [7, 11) is 0. The number of aromatic amines is 2. The summed E-state index contributed by atoms with van der Waals surface area (Å²) >= 11 is 0. The molecule has 122 valence electrons. The van der Waals surface area contributed by atoms with Gasteiger partial charge in [-0.05, 0) is 37.1 Å². The van der Waals surface area contributed by atoms with Crippen molar-refractivity contribution in [3.63, 3.8) is 0 Å². The molecule has 4 heteroatoms. The normalized spacial score (nSPS) is 11.5. The Hall–Kier alpha value is -2.62. The molecule has 0 aliphatic heterocycles. The number of rotatable bonds is 7. The lowest BCUT2D eigenvalue weighted by atomic mass is 10.1. The van der Waals surface area contributed by atoms with Crippen LogP contribution in [0.4, 0.5) is 0 Å². The second kappa shape index (κ2) is 6.87. The van der Waals surface area contributed by atoms with Crippen molar-refractivity contribution in [3.8, 4) is 0 Å². The Morgan fingerprint density at radius 2 is 1.04 bits per heavy atom. The molecule has 0 radical (unpaired) electrons. The van der Waals surface area contributed by atoms with Gasteiger partial charge in [0.05, 0.1) is 22.1 Å². The Morgan fingerprint density at radius 3 is 1.50 bits per heavy atom. The predicted octanol–water partition coefficient (Wildman–Crippen LogP) is 4.78. The van der Waals surface area contributed by atoms with Crippen LogP contribution in [0.5, 0.6) is 0 Å². The third-order valence-corrected chi connectivity index (χ3v) is 4.45. The molecule has 2 heterocycles. The first kappa shape index (κ1) is 14.9. The van der Waals surface area contributed by atoms with Gasteiger partial charge < -0.3 is 9.97 Å². The minimum Gasteiger partial charge on any atom is -0.342 e. The average molecular weight is 318 g/mol. The van der Waals surface area contributed by atoms with E-state index in [4.69, 9.17) is 0 Å². The van der Waals surface area contributed by atoms with E-state index in [1.54, 1.807) is 0 Å². The maximum absolute atomic E-state index is 4.63. The third-order valence-electron chi connectivity index (χ3n) is 4.45. The highest BCUT2D eigenvalue weighted by Crippen LogP contribution is 2.14. The summed E-state index contributed by atoms with van der Waals surface area (Å²) in [5.41, 5.74) is 4.41. The average Bonchev–Trinajstić information content (AvgIpc) is 3.20. The van der Waals surface area contributed by atoms with E-state index >= 15 is 0 Å². The van der Waals surface area contributed by atoms with Gasteiger partial charge in [0.1, 0.15) is 11.6 Å². The van der Waals surface area contributed by atoms with Crippen LogP contribution < -0.4 is 0 Å². The largest absolute Gasteiger partial charge is 0.342 e. The van der Waals surface area contributed by atoms with E-state index in [0.29, 0.717) is 0 Å². The summed E-state index contributed by atoms with van der Waals surface area (Å²) in [6, 6.07) is 16.4. The number of unbranched alkanes of at least 4 members (excludes halogenated alkanes) is 3. The van der Waals surface area contributed by atoms with E-state index in [1.165, 1.54) is 25.7 Å². The molecule has 0 saturated heterocycles. The molecular formula is C20H22N4. The number of para-hydroxylation sites is 4. The fourth-order valence-electron chi connectivity index (χ4n) is 3.19. The molecule has 0 atom stereocenters. The molecule has 0 unspecified atom stereocenters. The Morgan fingerprint density at radius 1 is 0.583 bits per heavy atom. The van der Waals surface area contributed by atoms with E-state index < -0.39 is 0 Å². The number of aryl methyl sites for hydroxylation is 2. The minimum absolute atomic E-state index is 1.03. The molecular weight excluding hydrogens is 296 g/mol. The first-order valence-electron chi connectivity index (χ1n) is 8.76. The van der Waals surface area contributed by atoms with Crippen molar-refractivity contribution in [2.45, 2.75) is 38.5 Å². The van der Waals surface area contributed by atoms with E-state index in [2.05, 4.69) is 44.2 Å². The SMILES string of the molecule is c1ccc2[nH]c(CCCCCCc3nc4ccccc4[nH]3)nc2c1. The number of hydrogen-bond acceptors (Lipinski definition) is 2. The summed E-state index contributed by atoms with van der Waals surface area (Å²) < 4.78 is 0. The third kappa shape index (κ3) is 3.32. The highest BCUT2D eigenvalue weighted by Gasteiger charge is 2.03. The zero-order chi connectivity index (χ0) is 16.2. The molecule has 24 heavy (non-hydrogen) atoms. The smallest absolute Gasteiger partial charge is 0.107 e. The second-order valence-corrected chi connectivity index (χ2v) is 6.32. The lowest BCUT2D eigenvalue weighted by Crippen LogP contribution is -1.91. The van der Waals surface area contributed by atoms with E-state index in [9.17, 15) is 0 Å². The number of fused-ring (bicyclic) bond motifs is 2. The zero-order valence-electron chi connectivity index (χ0n) is 13.8. The summed E-state index contributed by atoms with van der Waals surface area (Å²) in [6.07, 6.45) is 6.88. The van der Waals surface area contributed by atoms with Crippen LogP contribution in [0.25, 0.3) is 22.1 Å². The molecule has 2 N–H and O–H groups in total. The topological polar surface area (TPSA) is 57.4 Å². The number of imidazole rings is 2. The molecule has 0 fully saturated rings. The molecule has 0 aliphatic carbocycles. The van der Waals surface area contributed by atoms with Crippen LogP contribution in [0.1, 0.15) is 37.3 Å². The first-order valence-corrected chi connectivity index (χ1v) is 8.76. The van der Waals surface area contributed by atoms with Crippen molar-refractivity contribution in [1.82, 2.24) is 19.9 Å². The van der Waals surface area contributed by atoms with Crippen LogP contribution in [-0.4, -0.2) is 19.9 Å². The summed E-state index contributed by atoms with van der Waals surface area (Å²) in [5.74, 6) is 2.21. The van der Waals surface area contributed by atoms with Gasteiger partial charge in [-0.15, -0.1) is 0 Å². The van der Waals surface area contributed by atoms with Gasteiger partial charge in [0.25, 0.3) is 0 Å². The van der Waals surface area contributed by atoms with Gasteiger partial charge in [-0.1, -0.05) is 37.1 Å². The van der Waals surface area contributed by atoms with Crippen molar-refractivity contribution in [1.29, 1.82) is 0 Å². The number of H-pyrrole nitrogens is 2. The molecule has 0 spiro atoms. The number of aromatic nitrogens is 4. The highest BCUT2D eigenvalue weighted by molar-refractivity contribution is 5.75. The molecule has 4 rings (SSSR count). The number of benzene rings is 2. The molecule has 0 aliphatic rings. The molecule has 2 aromatic carbocycles. The molecule has 2 aromatic heterocycles. The van der Waals surface area contributed by atoms with Crippen LogP contribution in [0.15, 0.2) is 48.5 Å². The number of nitrogens with zero attached hydrogens (tertiary/aromatic N) is 2. The Balaban J connectivity index is 1.20. The molecule has 0 bridgehead atoms. The van der Waals surface area contributed by atoms with E-state index in [-0.39, 0.29) is 0 Å². The van der Waals surface area contributed by atoms with Crippen molar-refractivity contribution >= 4 is 22.1 Å². The fraction of sp³-hybridized carbons (Fsp3) is 0.300. The maximum atomic E-state index is 4.63. The number of nitrogens with one attached hydrogen (secondary N) is 2. The summed E-state index contributed by atoms with van der Waals surface area (Å²) in [5, 5.41) is 0. The van der Waals surface area contributed by atoms with Crippen molar-refractivity contribution in [2.24, 2.45) is 0 Å². The molecule has 4 aromatic rings. The van der Waals surface area contributed by atoms with Gasteiger partial charge in [-0.3, -0.25) is 0 Å². The van der Waals surface area contributed by atoms with Crippen LogP contribution >= 0.6 is 0 Å². The van der Waals surface area contributed by atoms with Gasteiger partial charge >= 0.3 is 0 Å². The Bertz CT molecular complexity index is 791. The monoisotopic (exact) mass is 318 g/mol. The summed E-state index contributed by atoms with van der Waals surface area (Å²) in [4.78, 5) is 16.1. The quantitative estimate of drug-likeness (QED) is 0.482. The van der Waals surface area contributed by atoms with E-state index in [1.807, 2.05) is 24.3 Å². The lowest BCUT2D eigenvalue weighted by Gasteiger charge is -1.99. The van der Waals surface area contributed by atoms with Crippen LogP contribution in [-0.2, 0) is 12.8 Å². The van der Waals surface area contributed by atoms with Crippen molar-refractivity contribution < 1.29 is 0 Å². The van der Waals surface area contributed by atoms with E-state index in [0.717, 1.165) is 46.6 Å². The Kier molecular flexibility index (Phi) is 4.28. The fourth-order valence-corrected chi connectivity index (χ4v) is 3.19. The maximum Gasteiger partial charge on any atom is 0.107 e. The Labute approximate surface area is 141 Å². The second-order valence-electron chi connectivity index (χ2n) is 6.32. The van der Waals surface area contributed by atoms with Gasteiger partial charge in [-0.25, -0.2) is 9.97 Å². The van der Waals surface area contributed by atoms with Crippen molar-refractivity contribution in [3.05, 3.63) is 60.2 Å². The molecule has 0 saturated carbocycles. The van der Waals surface area contributed by atoms with Crippen LogP contribution in [0.3, 0.4) is 0 Å². The molecule has 0 amide bonds. The highest BCUT2D eigenvalue weighted by atomic mass is 14.9. The zero-order valence-corrected chi connectivity index (χ0v) is 13.8. The van der Waals surface area contributed by atoms with Crippen LogP contribution in [0.2, 0.25) is 0 Å². The summed E-state index contributed by atoms with van der Waals surface area (Å²) in [6.45, 7) is 0. The van der Waals surface area contributed by atoms with Crippen molar-refractivity contribution in [2.75, 3.05) is 0 Å². The molecule has 4 nitrogen and oxygen atoms in total. The first-order chi connectivity index (χ1) is 11.9. The predicted molar refractivity (Wildman–Crippen MR) is 98.1 cm³/mol.